The zero-order valence-electron chi connectivity index (χ0n) is 11.0. The molecule has 2 N–H and O–H groups in total. The van der Waals surface area contributed by atoms with E-state index < -0.39 is 0 Å². The average Bonchev–Trinajstić information content (AvgIpc) is 2.85. The molecule has 0 aromatic carbocycles. The first-order valence-corrected chi connectivity index (χ1v) is 6.48. The van der Waals surface area contributed by atoms with E-state index in [2.05, 4.69) is 22.5 Å². The van der Waals surface area contributed by atoms with Crippen LogP contribution < -0.4 is 10.6 Å². The second kappa shape index (κ2) is 8.44. The Bertz CT molecular complexity index is 218. The SMILES string of the molecule is CCN(CC(=O)NCCCOC)C1CCNC1. The van der Waals surface area contributed by atoms with Gasteiger partial charge in [0, 0.05) is 32.8 Å². The van der Waals surface area contributed by atoms with Crippen molar-refractivity contribution >= 4 is 5.91 Å². The fraction of sp³-hybridized carbons (Fsp3) is 0.917. The van der Waals surface area contributed by atoms with Gasteiger partial charge in [0.2, 0.25) is 5.91 Å². The maximum absolute atomic E-state index is 11.7. The van der Waals surface area contributed by atoms with Crippen LogP contribution in [-0.2, 0) is 9.53 Å². The van der Waals surface area contributed by atoms with E-state index in [-0.39, 0.29) is 5.91 Å². The number of rotatable bonds is 8. The van der Waals surface area contributed by atoms with E-state index in [0.717, 1.165) is 32.5 Å². The first kappa shape index (κ1) is 14.4. The highest BCUT2D eigenvalue weighted by Crippen LogP contribution is 2.07. The van der Waals surface area contributed by atoms with Gasteiger partial charge in [-0.2, -0.15) is 0 Å². The lowest BCUT2D eigenvalue weighted by Crippen LogP contribution is -2.44. The first-order chi connectivity index (χ1) is 8.27. The fourth-order valence-corrected chi connectivity index (χ4v) is 2.13. The molecule has 0 spiro atoms. The van der Waals surface area contributed by atoms with Crippen LogP contribution in [0.1, 0.15) is 19.8 Å². The van der Waals surface area contributed by atoms with Crippen molar-refractivity contribution in [2.24, 2.45) is 0 Å². The van der Waals surface area contributed by atoms with Crippen LogP contribution in [0.2, 0.25) is 0 Å². The van der Waals surface area contributed by atoms with Crippen molar-refractivity contribution in [3.8, 4) is 0 Å². The summed E-state index contributed by atoms with van der Waals surface area (Å²) in [5.74, 6) is 0.120. The molecule has 5 nitrogen and oxygen atoms in total. The third kappa shape index (κ3) is 5.48. The number of carbonyl (C=O) groups is 1. The summed E-state index contributed by atoms with van der Waals surface area (Å²) in [5, 5.41) is 6.26. The van der Waals surface area contributed by atoms with Crippen molar-refractivity contribution in [1.29, 1.82) is 0 Å². The van der Waals surface area contributed by atoms with Gasteiger partial charge in [0.15, 0.2) is 0 Å². The lowest BCUT2D eigenvalue weighted by molar-refractivity contribution is -0.122. The van der Waals surface area contributed by atoms with Crippen molar-refractivity contribution < 1.29 is 9.53 Å². The summed E-state index contributed by atoms with van der Waals surface area (Å²) < 4.78 is 4.94. The summed E-state index contributed by atoms with van der Waals surface area (Å²) in [5.41, 5.74) is 0. The molecule has 0 aromatic rings. The molecule has 1 aliphatic heterocycles. The summed E-state index contributed by atoms with van der Waals surface area (Å²) in [7, 11) is 1.67. The van der Waals surface area contributed by atoms with E-state index in [1.165, 1.54) is 0 Å². The van der Waals surface area contributed by atoms with Crippen molar-refractivity contribution in [2.45, 2.75) is 25.8 Å². The highest BCUT2D eigenvalue weighted by atomic mass is 16.5. The van der Waals surface area contributed by atoms with Crippen LogP contribution in [0.4, 0.5) is 0 Å². The van der Waals surface area contributed by atoms with Crippen molar-refractivity contribution in [2.75, 3.05) is 46.4 Å². The molecule has 0 aromatic heterocycles. The number of carbonyl (C=O) groups excluding carboxylic acids is 1. The third-order valence-electron chi connectivity index (χ3n) is 3.15. The highest BCUT2D eigenvalue weighted by Gasteiger charge is 2.22. The largest absolute Gasteiger partial charge is 0.385 e. The van der Waals surface area contributed by atoms with E-state index in [1.807, 2.05) is 0 Å². The lowest BCUT2D eigenvalue weighted by Gasteiger charge is -2.26. The Hall–Kier alpha value is -0.650. The van der Waals surface area contributed by atoms with Crippen LogP contribution in [0.25, 0.3) is 0 Å². The maximum atomic E-state index is 11.7. The fourth-order valence-electron chi connectivity index (χ4n) is 2.13. The number of nitrogens with zero attached hydrogens (tertiary/aromatic N) is 1. The van der Waals surface area contributed by atoms with Crippen LogP contribution in [0.15, 0.2) is 0 Å². The molecule has 1 fully saturated rings. The quantitative estimate of drug-likeness (QED) is 0.581. The number of hydrogen-bond donors (Lipinski definition) is 2. The summed E-state index contributed by atoms with van der Waals surface area (Å²) in [6.07, 6.45) is 2.02. The Morgan fingerprint density at radius 1 is 1.59 bits per heavy atom. The molecule has 1 unspecified atom stereocenters. The summed E-state index contributed by atoms with van der Waals surface area (Å²) in [4.78, 5) is 14.0. The molecule has 0 bridgehead atoms. The van der Waals surface area contributed by atoms with Crippen molar-refractivity contribution in [3.05, 3.63) is 0 Å². The number of hydrogen-bond acceptors (Lipinski definition) is 4. The van der Waals surface area contributed by atoms with Gasteiger partial charge in [-0.1, -0.05) is 6.92 Å². The number of likely N-dealkylation sites (N-methyl/N-ethyl adjacent to an activating group) is 1. The lowest BCUT2D eigenvalue weighted by atomic mass is 10.2. The van der Waals surface area contributed by atoms with Gasteiger partial charge in [0.05, 0.1) is 6.54 Å². The van der Waals surface area contributed by atoms with Crippen LogP contribution in [0.3, 0.4) is 0 Å². The molecule has 1 amide bonds. The zero-order valence-corrected chi connectivity index (χ0v) is 11.0. The molecular formula is C12H25N3O2. The molecule has 100 valence electrons. The van der Waals surface area contributed by atoms with Crippen LogP contribution in [-0.4, -0.2) is 63.3 Å². The van der Waals surface area contributed by atoms with Crippen molar-refractivity contribution in [3.63, 3.8) is 0 Å². The predicted octanol–water partition coefficient (Wildman–Crippen LogP) is -0.177. The molecule has 1 rings (SSSR count). The molecule has 1 atom stereocenters. The first-order valence-electron chi connectivity index (χ1n) is 6.48. The zero-order chi connectivity index (χ0) is 12.5. The average molecular weight is 243 g/mol. The molecule has 0 radical (unpaired) electrons. The third-order valence-corrected chi connectivity index (χ3v) is 3.15. The Morgan fingerprint density at radius 2 is 2.41 bits per heavy atom. The molecule has 5 heteroatoms. The van der Waals surface area contributed by atoms with Gasteiger partial charge in [0.1, 0.15) is 0 Å². The minimum Gasteiger partial charge on any atom is -0.385 e. The van der Waals surface area contributed by atoms with Gasteiger partial charge in [-0.3, -0.25) is 9.69 Å². The van der Waals surface area contributed by atoms with E-state index >= 15 is 0 Å². The van der Waals surface area contributed by atoms with Gasteiger partial charge < -0.3 is 15.4 Å². The molecule has 17 heavy (non-hydrogen) atoms. The van der Waals surface area contributed by atoms with E-state index in [4.69, 9.17) is 4.74 Å². The minimum atomic E-state index is 0.120. The Balaban J connectivity index is 2.18. The standard InChI is InChI=1S/C12H25N3O2/c1-3-15(11-5-7-13-9-11)10-12(16)14-6-4-8-17-2/h11,13H,3-10H2,1-2H3,(H,14,16). The molecule has 1 saturated heterocycles. The number of nitrogens with one attached hydrogen (secondary N) is 2. The summed E-state index contributed by atoms with van der Waals surface area (Å²) >= 11 is 0. The number of amides is 1. The maximum Gasteiger partial charge on any atom is 0.234 e. The van der Waals surface area contributed by atoms with Gasteiger partial charge in [-0.15, -0.1) is 0 Å². The van der Waals surface area contributed by atoms with Gasteiger partial charge in [-0.25, -0.2) is 0 Å². The molecule has 1 heterocycles. The summed E-state index contributed by atoms with van der Waals surface area (Å²) in [6.45, 7) is 7.02. The van der Waals surface area contributed by atoms with Gasteiger partial charge >= 0.3 is 0 Å². The predicted molar refractivity (Wildman–Crippen MR) is 68.0 cm³/mol. The van der Waals surface area contributed by atoms with Crippen molar-refractivity contribution in [1.82, 2.24) is 15.5 Å². The van der Waals surface area contributed by atoms with Crippen LogP contribution in [0.5, 0.6) is 0 Å². The second-order valence-electron chi connectivity index (χ2n) is 4.41. The molecule has 1 aliphatic rings. The van der Waals surface area contributed by atoms with Crippen LogP contribution in [0, 0.1) is 0 Å². The van der Waals surface area contributed by atoms with E-state index in [0.29, 0.717) is 25.7 Å². The Labute approximate surface area is 104 Å². The Kier molecular flexibility index (Phi) is 7.16. The smallest absolute Gasteiger partial charge is 0.234 e. The highest BCUT2D eigenvalue weighted by molar-refractivity contribution is 5.78. The van der Waals surface area contributed by atoms with E-state index in [1.54, 1.807) is 7.11 Å². The molecular weight excluding hydrogens is 218 g/mol. The molecule has 0 aliphatic carbocycles. The monoisotopic (exact) mass is 243 g/mol. The van der Waals surface area contributed by atoms with Gasteiger partial charge in [-0.05, 0) is 25.9 Å². The minimum absolute atomic E-state index is 0.120. The van der Waals surface area contributed by atoms with Gasteiger partial charge in [0.25, 0.3) is 0 Å². The number of ether oxygens (including phenoxy) is 1. The van der Waals surface area contributed by atoms with E-state index in [9.17, 15) is 4.79 Å². The Morgan fingerprint density at radius 3 is 3.00 bits per heavy atom. The topological polar surface area (TPSA) is 53.6 Å². The number of methoxy groups -OCH3 is 1. The summed E-state index contributed by atoms with van der Waals surface area (Å²) in [6, 6.07) is 0.518. The van der Waals surface area contributed by atoms with Crippen LogP contribution >= 0.6 is 0 Å². The second-order valence-corrected chi connectivity index (χ2v) is 4.41. The molecule has 0 saturated carbocycles. The normalized spacial score (nSPS) is 19.8.